The molecule has 3 aliphatic heterocycles. The van der Waals surface area contributed by atoms with Crippen LogP contribution in [-0.2, 0) is 16.0 Å². The average molecular weight is 371 g/mol. The van der Waals surface area contributed by atoms with Gasteiger partial charge in [0.15, 0.2) is 0 Å². The number of hydrogen-bond donors (Lipinski definition) is 0. The number of nitrogens with zero attached hydrogens (tertiary/aromatic N) is 3. The minimum atomic E-state index is -0.139. The Balaban J connectivity index is 1.29. The standard InChI is InChI=1S/C21H29N3O3/c1-2-17-5-3-6-18(13-17)14-23-15-19-20(16-23)27-21(25)24(19)8-4-7-22-9-11-26-12-10-22/h2-3,5-6,13,19-20H,1,4,7-12,14-16H2/t19-,20+/m0/s1. The maximum atomic E-state index is 12.3. The van der Waals surface area contributed by atoms with Gasteiger partial charge >= 0.3 is 6.09 Å². The fourth-order valence-corrected chi connectivity index (χ4v) is 4.33. The van der Waals surface area contributed by atoms with Crippen molar-refractivity contribution in [1.82, 2.24) is 14.7 Å². The zero-order valence-electron chi connectivity index (χ0n) is 15.9. The molecule has 6 nitrogen and oxygen atoms in total. The van der Waals surface area contributed by atoms with Crippen molar-refractivity contribution in [3.8, 4) is 0 Å². The summed E-state index contributed by atoms with van der Waals surface area (Å²) in [5, 5.41) is 0. The molecule has 0 aromatic heterocycles. The number of likely N-dealkylation sites (tertiary alicyclic amines) is 1. The SMILES string of the molecule is C=Cc1cccc(CN2C[C@H]3OC(=O)N(CCCN4CCOCC4)[C@H]3C2)c1. The van der Waals surface area contributed by atoms with Gasteiger partial charge in [-0.05, 0) is 17.5 Å². The molecule has 146 valence electrons. The maximum Gasteiger partial charge on any atom is 0.410 e. The normalized spacial score (nSPS) is 26.2. The highest BCUT2D eigenvalue weighted by atomic mass is 16.6. The molecule has 0 bridgehead atoms. The molecule has 1 amide bonds. The summed E-state index contributed by atoms with van der Waals surface area (Å²) >= 11 is 0. The van der Waals surface area contributed by atoms with Crippen LogP contribution in [0.4, 0.5) is 4.79 Å². The second-order valence-corrected chi connectivity index (χ2v) is 7.63. The molecule has 2 atom stereocenters. The Morgan fingerprint density at radius 1 is 1.15 bits per heavy atom. The molecular formula is C21H29N3O3. The minimum Gasteiger partial charge on any atom is -0.442 e. The zero-order valence-corrected chi connectivity index (χ0v) is 15.9. The molecule has 0 aliphatic carbocycles. The first-order valence-electron chi connectivity index (χ1n) is 9.94. The Morgan fingerprint density at radius 3 is 2.81 bits per heavy atom. The van der Waals surface area contributed by atoms with E-state index in [2.05, 4.69) is 40.6 Å². The zero-order chi connectivity index (χ0) is 18.6. The van der Waals surface area contributed by atoms with Gasteiger partial charge in [-0.15, -0.1) is 0 Å². The molecule has 27 heavy (non-hydrogen) atoms. The summed E-state index contributed by atoms with van der Waals surface area (Å²) < 4.78 is 11.0. The summed E-state index contributed by atoms with van der Waals surface area (Å²) in [6.07, 6.45) is 2.73. The van der Waals surface area contributed by atoms with Crippen LogP contribution in [0.25, 0.3) is 6.08 Å². The Bertz CT molecular complexity index is 674. The van der Waals surface area contributed by atoms with Crippen molar-refractivity contribution in [3.05, 3.63) is 42.0 Å². The number of ether oxygens (including phenoxy) is 2. The molecule has 3 fully saturated rings. The van der Waals surface area contributed by atoms with Gasteiger partial charge in [-0.25, -0.2) is 4.79 Å². The van der Waals surface area contributed by atoms with Crippen LogP contribution in [0.2, 0.25) is 0 Å². The van der Waals surface area contributed by atoms with E-state index in [4.69, 9.17) is 9.47 Å². The molecule has 1 aromatic carbocycles. The van der Waals surface area contributed by atoms with Gasteiger partial charge in [0.2, 0.25) is 0 Å². The number of morpholine rings is 1. The molecule has 3 saturated heterocycles. The van der Waals surface area contributed by atoms with Crippen molar-refractivity contribution in [1.29, 1.82) is 0 Å². The third kappa shape index (κ3) is 4.34. The number of amides is 1. The first-order chi connectivity index (χ1) is 13.2. The molecule has 0 unspecified atom stereocenters. The molecule has 1 aromatic rings. The summed E-state index contributed by atoms with van der Waals surface area (Å²) in [6.45, 7) is 11.8. The molecular weight excluding hydrogens is 342 g/mol. The van der Waals surface area contributed by atoms with Gasteiger partial charge in [-0.2, -0.15) is 0 Å². The Labute approximate surface area is 161 Å². The predicted molar refractivity (Wildman–Crippen MR) is 104 cm³/mol. The highest BCUT2D eigenvalue weighted by Crippen LogP contribution is 2.28. The molecule has 0 radical (unpaired) electrons. The number of carbonyl (C=O) groups excluding carboxylic acids is 1. The van der Waals surface area contributed by atoms with Crippen molar-refractivity contribution in [2.24, 2.45) is 0 Å². The number of carbonyl (C=O) groups is 1. The largest absolute Gasteiger partial charge is 0.442 e. The van der Waals surface area contributed by atoms with E-state index in [9.17, 15) is 4.79 Å². The van der Waals surface area contributed by atoms with E-state index in [0.29, 0.717) is 0 Å². The second-order valence-electron chi connectivity index (χ2n) is 7.63. The topological polar surface area (TPSA) is 45.2 Å². The Morgan fingerprint density at radius 2 is 2.00 bits per heavy atom. The molecule has 6 heteroatoms. The highest BCUT2D eigenvalue weighted by molar-refractivity contribution is 5.71. The minimum absolute atomic E-state index is 0.00322. The van der Waals surface area contributed by atoms with E-state index in [0.717, 1.165) is 71.0 Å². The first-order valence-corrected chi connectivity index (χ1v) is 9.94. The lowest BCUT2D eigenvalue weighted by atomic mass is 10.1. The van der Waals surface area contributed by atoms with Crippen molar-refractivity contribution < 1.29 is 14.3 Å². The molecule has 0 spiro atoms. The molecule has 3 aliphatic rings. The monoisotopic (exact) mass is 371 g/mol. The molecule has 3 heterocycles. The van der Waals surface area contributed by atoms with E-state index in [1.807, 2.05) is 11.0 Å². The van der Waals surface area contributed by atoms with Gasteiger partial charge in [-0.3, -0.25) is 9.80 Å². The van der Waals surface area contributed by atoms with Gasteiger partial charge in [0.05, 0.1) is 19.3 Å². The second kappa shape index (κ2) is 8.42. The molecule has 4 rings (SSSR count). The van der Waals surface area contributed by atoms with Crippen LogP contribution in [0, 0.1) is 0 Å². The van der Waals surface area contributed by atoms with E-state index >= 15 is 0 Å². The molecule has 0 saturated carbocycles. The van der Waals surface area contributed by atoms with Gasteiger partial charge < -0.3 is 14.4 Å². The van der Waals surface area contributed by atoms with E-state index in [-0.39, 0.29) is 18.2 Å². The third-order valence-electron chi connectivity index (χ3n) is 5.77. The van der Waals surface area contributed by atoms with Crippen molar-refractivity contribution >= 4 is 12.2 Å². The fraction of sp³-hybridized carbons (Fsp3) is 0.571. The maximum absolute atomic E-state index is 12.3. The van der Waals surface area contributed by atoms with Gasteiger partial charge in [-0.1, -0.05) is 36.9 Å². The average Bonchev–Trinajstić information content (AvgIpc) is 3.20. The van der Waals surface area contributed by atoms with Crippen LogP contribution in [-0.4, -0.2) is 85.4 Å². The number of fused-ring (bicyclic) bond motifs is 1. The van der Waals surface area contributed by atoms with E-state index < -0.39 is 0 Å². The summed E-state index contributed by atoms with van der Waals surface area (Å²) in [5.74, 6) is 0. The van der Waals surface area contributed by atoms with Gasteiger partial charge in [0, 0.05) is 45.8 Å². The number of hydrogen-bond acceptors (Lipinski definition) is 5. The highest BCUT2D eigenvalue weighted by Gasteiger charge is 2.47. The van der Waals surface area contributed by atoms with Crippen LogP contribution in [0.5, 0.6) is 0 Å². The van der Waals surface area contributed by atoms with Crippen LogP contribution in [0.15, 0.2) is 30.8 Å². The van der Waals surface area contributed by atoms with Crippen LogP contribution >= 0.6 is 0 Å². The van der Waals surface area contributed by atoms with Crippen LogP contribution in [0.3, 0.4) is 0 Å². The lowest BCUT2D eigenvalue weighted by Gasteiger charge is -2.28. The summed E-state index contributed by atoms with van der Waals surface area (Å²) in [5.41, 5.74) is 2.42. The molecule has 0 N–H and O–H groups in total. The Kier molecular flexibility index (Phi) is 5.76. The van der Waals surface area contributed by atoms with E-state index in [1.54, 1.807) is 0 Å². The van der Waals surface area contributed by atoms with Crippen molar-refractivity contribution in [2.45, 2.75) is 25.1 Å². The summed E-state index contributed by atoms with van der Waals surface area (Å²) in [6, 6.07) is 8.64. The predicted octanol–water partition coefficient (Wildman–Crippen LogP) is 2.06. The van der Waals surface area contributed by atoms with E-state index in [1.165, 1.54) is 5.56 Å². The van der Waals surface area contributed by atoms with Crippen molar-refractivity contribution in [3.63, 3.8) is 0 Å². The lowest BCUT2D eigenvalue weighted by molar-refractivity contribution is 0.0362. The number of rotatable bonds is 7. The lowest BCUT2D eigenvalue weighted by Crippen LogP contribution is -2.41. The first kappa shape index (κ1) is 18.5. The fourth-order valence-electron chi connectivity index (χ4n) is 4.33. The third-order valence-corrected chi connectivity index (χ3v) is 5.77. The quantitative estimate of drug-likeness (QED) is 0.734. The summed E-state index contributed by atoms with van der Waals surface area (Å²) in [7, 11) is 0. The Hall–Kier alpha value is -1.89. The smallest absolute Gasteiger partial charge is 0.410 e. The summed E-state index contributed by atoms with van der Waals surface area (Å²) in [4.78, 5) is 19.0. The van der Waals surface area contributed by atoms with Gasteiger partial charge in [0.1, 0.15) is 6.10 Å². The van der Waals surface area contributed by atoms with Crippen LogP contribution < -0.4 is 0 Å². The van der Waals surface area contributed by atoms with Crippen molar-refractivity contribution in [2.75, 3.05) is 52.5 Å². The number of benzene rings is 1. The van der Waals surface area contributed by atoms with Crippen LogP contribution in [0.1, 0.15) is 17.5 Å². The van der Waals surface area contributed by atoms with Gasteiger partial charge in [0.25, 0.3) is 0 Å².